The van der Waals surface area contributed by atoms with Gasteiger partial charge in [0, 0.05) is 51.4 Å². The lowest BCUT2D eigenvalue weighted by atomic mass is 9.92. The molecule has 3 aliphatic heterocycles. The highest BCUT2D eigenvalue weighted by molar-refractivity contribution is 6.31. The summed E-state index contributed by atoms with van der Waals surface area (Å²) in [7, 11) is 0. The van der Waals surface area contributed by atoms with Crippen molar-refractivity contribution < 1.29 is 4.79 Å². The van der Waals surface area contributed by atoms with Crippen LogP contribution in [-0.2, 0) is 4.79 Å². The highest BCUT2D eigenvalue weighted by Gasteiger charge is 2.36. The van der Waals surface area contributed by atoms with Crippen LogP contribution in [0, 0.1) is 5.92 Å². The number of nitrogens with zero attached hydrogens (tertiary/aromatic N) is 2. The zero-order valence-electron chi connectivity index (χ0n) is 13.4. The number of hydrogen-bond donors (Lipinski definition) is 3. The molecule has 4 atom stereocenters. The Labute approximate surface area is 137 Å². The first-order valence-electron chi connectivity index (χ1n) is 8.51. The first kappa shape index (κ1) is 16.5. The van der Waals surface area contributed by atoms with Crippen molar-refractivity contribution in [3.63, 3.8) is 0 Å². The number of hydrazine groups is 1. The minimum Gasteiger partial charge on any atom is -0.312 e. The van der Waals surface area contributed by atoms with Crippen molar-refractivity contribution >= 4 is 17.5 Å². The number of nitrogens with one attached hydrogen (secondary N) is 3. The standard InChI is InChI=1S/C15H28ClN5O/c1-11-3-2-4-17-12(11)10-20-5-7-21(8-6-20)13-9-18-19-15(22)14(13)16/h11-14,17-18H,2-10H2,1H3,(H,19,22). The smallest absolute Gasteiger partial charge is 0.253 e. The number of carbonyl (C=O) groups excluding carboxylic acids is 1. The molecule has 22 heavy (non-hydrogen) atoms. The number of alkyl halides is 1. The normalized spacial score (nSPS) is 38.7. The Kier molecular flexibility index (Phi) is 5.57. The molecule has 3 fully saturated rings. The van der Waals surface area contributed by atoms with Crippen molar-refractivity contribution in [1.29, 1.82) is 0 Å². The van der Waals surface area contributed by atoms with Crippen LogP contribution < -0.4 is 16.2 Å². The zero-order valence-corrected chi connectivity index (χ0v) is 14.1. The summed E-state index contributed by atoms with van der Waals surface area (Å²) < 4.78 is 0. The van der Waals surface area contributed by atoms with E-state index in [1.54, 1.807) is 0 Å². The minimum atomic E-state index is -0.451. The highest BCUT2D eigenvalue weighted by Crippen LogP contribution is 2.19. The third kappa shape index (κ3) is 3.74. The van der Waals surface area contributed by atoms with Crippen LogP contribution >= 0.6 is 11.6 Å². The van der Waals surface area contributed by atoms with Gasteiger partial charge >= 0.3 is 0 Å². The summed E-state index contributed by atoms with van der Waals surface area (Å²) in [5.74, 6) is 0.658. The van der Waals surface area contributed by atoms with E-state index in [1.807, 2.05) is 0 Å². The summed E-state index contributed by atoms with van der Waals surface area (Å²) in [6.07, 6.45) is 2.65. The first-order valence-corrected chi connectivity index (χ1v) is 8.95. The van der Waals surface area contributed by atoms with Gasteiger partial charge in [0.15, 0.2) is 0 Å². The Morgan fingerprint density at radius 1 is 1.27 bits per heavy atom. The van der Waals surface area contributed by atoms with Gasteiger partial charge in [-0.15, -0.1) is 11.6 Å². The lowest BCUT2D eigenvalue weighted by molar-refractivity contribution is -0.125. The molecule has 3 N–H and O–H groups in total. The van der Waals surface area contributed by atoms with Crippen molar-refractivity contribution in [2.75, 3.05) is 45.8 Å². The Bertz CT molecular complexity index is 388. The number of carbonyl (C=O) groups is 1. The highest BCUT2D eigenvalue weighted by atomic mass is 35.5. The fourth-order valence-electron chi connectivity index (χ4n) is 3.82. The fourth-order valence-corrected chi connectivity index (χ4v) is 4.12. The van der Waals surface area contributed by atoms with E-state index in [-0.39, 0.29) is 11.9 Å². The van der Waals surface area contributed by atoms with Crippen molar-refractivity contribution in [2.45, 2.75) is 37.2 Å². The van der Waals surface area contributed by atoms with Crippen molar-refractivity contribution in [3.8, 4) is 0 Å². The van der Waals surface area contributed by atoms with Crippen LogP contribution in [0.4, 0.5) is 0 Å². The van der Waals surface area contributed by atoms with E-state index in [1.165, 1.54) is 12.8 Å². The molecular formula is C15H28ClN5O. The molecule has 0 bridgehead atoms. The summed E-state index contributed by atoms with van der Waals surface area (Å²) in [5.41, 5.74) is 5.55. The monoisotopic (exact) mass is 329 g/mol. The van der Waals surface area contributed by atoms with E-state index < -0.39 is 5.38 Å². The van der Waals surface area contributed by atoms with Crippen LogP contribution in [0.25, 0.3) is 0 Å². The lowest BCUT2D eigenvalue weighted by Gasteiger charge is -2.43. The van der Waals surface area contributed by atoms with Crippen LogP contribution in [0.15, 0.2) is 0 Å². The molecule has 3 heterocycles. The summed E-state index contributed by atoms with van der Waals surface area (Å²) >= 11 is 6.26. The predicted molar refractivity (Wildman–Crippen MR) is 87.8 cm³/mol. The largest absolute Gasteiger partial charge is 0.312 e. The van der Waals surface area contributed by atoms with Gasteiger partial charge in [-0.25, -0.2) is 5.43 Å². The lowest BCUT2D eigenvalue weighted by Crippen LogP contribution is -2.64. The molecule has 6 nitrogen and oxygen atoms in total. The van der Waals surface area contributed by atoms with Gasteiger partial charge in [-0.05, 0) is 25.3 Å². The van der Waals surface area contributed by atoms with Gasteiger partial charge in [-0.3, -0.25) is 20.0 Å². The van der Waals surface area contributed by atoms with Gasteiger partial charge in [0.05, 0.1) is 0 Å². The second-order valence-corrected chi connectivity index (χ2v) is 7.33. The quantitative estimate of drug-likeness (QED) is 0.615. The topological polar surface area (TPSA) is 59.6 Å². The van der Waals surface area contributed by atoms with Gasteiger partial charge in [-0.1, -0.05) is 6.92 Å². The number of halogens is 1. The van der Waals surface area contributed by atoms with Gasteiger partial charge in [-0.2, -0.15) is 0 Å². The van der Waals surface area contributed by atoms with Gasteiger partial charge in [0.1, 0.15) is 5.38 Å². The number of piperazine rings is 1. The van der Waals surface area contributed by atoms with E-state index in [0.29, 0.717) is 6.04 Å². The molecular weight excluding hydrogens is 302 g/mol. The second-order valence-electron chi connectivity index (χ2n) is 6.86. The third-order valence-electron chi connectivity index (χ3n) is 5.37. The molecule has 3 aliphatic rings. The molecule has 0 aromatic carbocycles. The summed E-state index contributed by atoms with van der Waals surface area (Å²) in [5, 5.41) is 3.21. The Morgan fingerprint density at radius 3 is 2.77 bits per heavy atom. The summed E-state index contributed by atoms with van der Waals surface area (Å²) in [6.45, 7) is 9.49. The van der Waals surface area contributed by atoms with Crippen LogP contribution in [0.2, 0.25) is 0 Å². The molecule has 0 radical (unpaired) electrons. The predicted octanol–water partition coefficient (Wildman–Crippen LogP) is -0.397. The minimum absolute atomic E-state index is 0.101. The molecule has 0 saturated carbocycles. The Balaban J connectivity index is 1.47. The zero-order chi connectivity index (χ0) is 15.5. The van der Waals surface area contributed by atoms with Gasteiger partial charge < -0.3 is 5.32 Å². The maximum Gasteiger partial charge on any atom is 0.253 e. The molecule has 126 valence electrons. The Morgan fingerprint density at radius 2 is 2.05 bits per heavy atom. The maximum atomic E-state index is 11.7. The number of hydrogen-bond acceptors (Lipinski definition) is 5. The molecule has 4 unspecified atom stereocenters. The van der Waals surface area contributed by atoms with E-state index in [0.717, 1.165) is 51.7 Å². The molecule has 1 amide bonds. The molecule has 7 heteroatoms. The van der Waals surface area contributed by atoms with Gasteiger partial charge in [0.25, 0.3) is 5.91 Å². The molecule has 3 saturated heterocycles. The average Bonchev–Trinajstić information content (AvgIpc) is 2.53. The molecule has 0 aromatic heterocycles. The van der Waals surface area contributed by atoms with Crippen LogP contribution in [-0.4, -0.2) is 79.0 Å². The van der Waals surface area contributed by atoms with Crippen molar-refractivity contribution in [2.24, 2.45) is 5.92 Å². The molecule has 0 spiro atoms. The summed E-state index contributed by atoms with van der Waals surface area (Å²) in [6, 6.07) is 0.729. The van der Waals surface area contributed by atoms with E-state index >= 15 is 0 Å². The second kappa shape index (κ2) is 7.45. The number of amides is 1. The third-order valence-corrected chi connectivity index (χ3v) is 5.86. The number of rotatable bonds is 3. The van der Waals surface area contributed by atoms with Crippen molar-refractivity contribution in [3.05, 3.63) is 0 Å². The first-order chi connectivity index (χ1) is 10.6. The van der Waals surface area contributed by atoms with E-state index in [4.69, 9.17) is 11.6 Å². The fraction of sp³-hybridized carbons (Fsp3) is 0.933. The SMILES string of the molecule is CC1CCCNC1CN1CCN(C2CNNC(=O)C2Cl)CC1. The van der Waals surface area contributed by atoms with E-state index in [9.17, 15) is 4.79 Å². The summed E-state index contributed by atoms with van der Waals surface area (Å²) in [4.78, 5) is 16.6. The van der Waals surface area contributed by atoms with Crippen LogP contribution in [0.3, 0.4) is 0 Å². The van der Waals surface area contributed by atoms with Gasteiger partial charge in [0.2, 0.25) is 0 Å². The Hall–Kier alpha value is -0.400. The maximum absolute atomic E-state index is 11.7. The number of piperidine rings is 1. The molecule has 0 aliphatic carbocycles. The van der Waals surface area contributed by atoms with Crippen LogP contribution in [0.5, 0.6) is 0 Å². The molecule has 3 rings (SSSR count). The van der Waals surface area contributed by atoms with Crippen molar-refractivity contribution in [1.82, 2.24) is 26.0 Å². The van der Waals surface area contributed by atoms with E-state index in [2.05, 4.69) is 32.9 Å². The molecule has 0 aromatic rings. The average molecular weight is 330 g/mol. The van der Waals surface area contributed by atoms with Crippen LogP contribution in [0.1, 0.15) is 19.8 Å².